The average Bonchev–Trinajstić information content (AvgIpc) is 2.98. The quantitative estimate of drug-likeness (QED) is 0.861. The molecule has 1 unspecified atom stereocenters. The van der Waals surface area contributed by atoms with Crippen molar-refractivity contribution in [3.8, 4) is 0 Å². The molecule has 1 aromatic rings. The van der Waals surface area contributed by atoms with Gasteiger partial charge in [0.25, 0.3) is 0 Å². The topological polar surface area (TPSA) is 62.7 Å². The number of hydrogen-bond donors (Lipinski definition) is 1. The van der Waals surface area contributed by atoms with E-state index in [1.807, 2.05) is 26.1 Å². The van der Waals surface area contributed by atoms with Gasteiger partial charge in [-0.3, -0.25) is 9.69 Å². The first-order valence-electron chi connectivity index (χ1n) is 6.83. The Bertz CT molecular complexity index is 430. The number of likely N-dealkylation sites (N-methyl/N-ethyl adjacent to an activating group) is 1. The van der Waals surface area contributed by atoms with Crippen molar-refractivity contribution in [2.45, 2.75) is 32.4 Å². The van der Waals surface area contributed by atoms with Crippen LogP contribution in [0.3, 0.4) is 0 Å². The summed E-state index contributed by atoms with van der Waals surface area (Å²) in [6, 6.07) is 4.19. The summed E-state index contributed by atoms with van der Waals surface area (Å²) in [4.78, 5) is 16.1. The molecular weight excluding hydrogens is 242 g/mol. The van der Waals surface area contributed by atoms with Crippen LogP contribution in [0.5, 0.6) is 0 Å². The predicted molar refractivity (Wildman–Crippen MR) is 73.6 cm³/mol. The van der Waals surface area contributed by atoms with Gasteiger partial charge in [-0.05, 0) is 38.4 Å². The SMILES string of the molecule is Cc1ccc(CN(C)C(=O)CN2CCCC2CN)o1. The zero-order valence-electron chi connectivity index (χ0n) is 11.8. The lowest BCUT2D eigenvalue weighted by molar-refractivity contribution is -0.132. The molecule has 5 nitrogen and oxygen atoms in total. The van der Waals surface area contributed by atoms with Gasteiger partial charge in [-0.2, -0.15) is 0 Å². The number of carbonyl (C=O) groups excluding carboxylic acids is 1. The summed E-state index contributed by atoms with van der Waals surface area (Å²) < 4.78 is 5.49. The number of hydrogen-bond acceptors (Lipinski definition) is 4. The smallest absolute Gasteiger partial charge is 0.236 e. The van der Waals surface area contributed by atoms with Gasteiger partial charge < -0.3 is 15.1 Å². The van der Waals surface area contributed by atoms with Crippen molar-refractivity contribution < 1.29 is 9.21 Å². The maximum Gasteiger partial charge on any atom is 0.236 e. The Morgan fingerprint density at radius 1 is 1.58 bits per heavy atom. The highest BCUT2D eigenvalue weighted by Gasteiger charge is 2.26. The number of likely N-dealkylation sites (tertiary alicyclic amines) is 1. The Balaban J connectivity index is 1.85. The molecule has 1 aliphatic rings. The summed E-state index contributed by atoms with van der Waals surface area (Å²) in [5.74, 6) is 1.82. The highest BCUT2D eigenvalue weighted by Crippen LogP contribution is 2.16. The van der Waals surface area contributed by atoms with Crippen molar-refractivity contribution in [3.63, 3.8) is 0 Å². The van der Waals surface area contributed by atoms with Crippen molar-refractivity contribution in [2.75, 3.05) is 26.7 Å². The first kappa shape index (κ1) is 14.1. The number of aryl methyl sites for hydroxylation is 1. The van der Waals surface area contributed by atoms with Crippen LogP contribution in [0.4, 0.5) is 0 Å². The summed E-state index contributed by atoms with van der Waals surface area (Å²) in [7, 11) is 1.81. The zero-order valence-corrected chi connectivity index (χ0v) is 11.8. The van der Waals surface area contributed by atoms with Crippen molar-refractivity contribution in [1.82, 2.24) is 9.80 Å². The first-order valence-corrected chi connectivity index (χ1v) is 6.83. The van der Waals surface area contributed by atoms with Crippen molar-refractivity contribution in [1.29, 1.82) is 0 Å². The van der Waals surface area contributed by atoms with Crippen LogP contribution < -0.4 is 5.73 Å². The Labute approximate surface area is 114 Å². The molecular formula is C14H23N3O2. The van der Waals surface area contributed by atoms with Gasteiger partial charge in [0.2, 0.25) is 5.91 Å². The lowest BCUT2D eigenvalue weighted by Gasteiger charge is -2.25. The van der Waals surface area contributed by atoms with Crippen LogP contribution in [0.15, 0.2) is 16.5 Å². The fourth-order valence-electron chi connectivity index (χ4n) is 2.56. The third-order valence-corrected chi connectivity index (χ3v) is 3.72. The summed E-state index contributed by atoms with van der Waals surface area (Å²) in [5.41, 5.74) is 5.72. The number of amides is 1. The molecule has 1 aromatic heterocycles. The fraction of sp³-hybridized carbons (Fsp3) is 0.643. The third kappa shape index (κ3) is 3.58. The Morgan fingerprint density at radius 2 is 2.37 bits per heavy atom. The molecule has 1 saturated heterocycles. The summed E-state index contributed by atoms with van der Waals surface area (Å²) in [5, 5.41) is 0. The molecule has 2 heterocycles. The second-order valence-electron chi connectivity index (χ2n) is 5.26. The zero-order chi connectivity index (χ0) is 13.8. The lowest BCUT2D eigenvalue weighted by Crippen LogP contribution is -2.42. The van der Waals surface area contributed by atoms with Gasteiger partial charge in [0.05, 0.1) is 13.1 Å². The monoisotopic (exact) mass is 265 g/mol. The van der Waals surface area contributed by atoms with E-state index in [2.05, 4.69) is 4.90 Å². The lowest BCUT2D eigenvalue weighted by atomic mass is 10.2. The third-order valence-electron chi connectivity index (χ3n) is 3.72. The molecule has 0 aliphatic carbocycles. The molecule has 19 heavy (non-hydrogen) atoms. The van der Waals surface area contributed by atoms with E-state index in [4.69, 9.17) is 10.2 Å². The Morgan fingerprint density at radius 3 is 3.00 bits per heavy atom. The minimum absolute atomic E-state index is 0.120. The van der Waals surface area contributed by atoms with Crippen LogP contribution in [0.2, 0.25) is 0 Å². The second kappa shape index (κ2) is 6.21. The number of nitrogens with zero attached hydrogens (tertiary/aromatic N) is 2. The molecule has 5 heteroatoms. The van der Waals surface area contributed by atoms with Gasteiger partial charge in [0, 0.05) is 19.6 Å². The van der Waals surface area contributed by atoms with Crippen LogP contribution in [0.1, 0.15) is 24.4 Å². The first-order chi connectivity index (χ1) is 9.10. The van der Waals surface area contributed by atoms with E-state index in [1.54, 1.807) is 4.90 Å². The Hall–Kier alpha value is -1.33. The molecule has 0 spiro atoms. The van der Waals surface area contributed by atoms with E-state index in [9.17, 15) is 4.79 Å². The second-order valence-corrected chi connectivity index (χ2v) is 5.26. The van der Waals surface area contributed by atoms with E-state index < -0.39 is 0 Å². The standard InChI is InChI=1S/C14H23N3O2/c1-11-5-6-13(19-11)9-16(2)14(18)10-17-7-3-4-12(17)8-15/h5-6,12H,3-4,7-10,15H2,1-2H3. The van der Waals surface area contributed by atoms with Gasteiger partial charge >= 0.3 is 0 Å². The molecule has 2 rings (SSSR count). The summed E-state index contributed by atoms with van der Waals surface area (Å²) in [6.07, 6.45) is 2.24. The molecule has 106 valence electrons. The number of carbonyl (C=O) groups is 1. The normalized spacial score (nSPS) is 19.8. The van der Waals surface area contributed by atoms with Crippen LogP contribution in [0, 0.1) is 6.92 Å². The molecule has 1 atom stereocenters. The molecule has 0 bridgehead atoms. The van der Waals surface area contributed by atoms with Crippen LogP contribution in [-0.2, 0) is 11.3 Å². The van der Waals surface area contributed by atoms with Crippen LogP contribution in [0.25, 0.3) is 0 Å². The summed E-state index contributed by atoms with van der Waals surface area (Å²) in [6.45, 7) is 4.49. The van der Waals surface area contributed by atoms with E-state index in [0.29, 0.717) is 25.7 Å². The number of nitrogens with two attached hydrogens (primary N) is 1. The molecule has 1 fully saturated rings. The maximum atomic E-state index is 12.2. The molecule has 2 N–H and O–H groups in total. The minimum Gasteiger partial charge on any atom is -0.464 e. The molecule has 0 saturated carbocycles. The van der Waals surface area contributed by atoms with Gasteiger partial charge in [-0.15, -0.1) is 0 Å². The van der Waals surface area contributed by atoms with Crippen molar-refractivity contribution >= 4 is 5.91 Å². The van der Waals surface area contributed by atoms with Gasteiger partial charge in [0.15, 0.2) is 0 Å². The predicted octanol–water partition coefficient (Wildman–Crippen LogP) is 0.970. The van der Waals surface area contributed by atoms with Crippen LogP contribution in [-0.4, -0.2) is 48.4 Å². The van der Waals surface area contributed by atoms with E-state index >= 15 is 0 Å². The van der Waals surface area contributed by atoms with Gasteiger partial charge in [0.1, 0.15) is 11.5 Å². The van der Waals surface area contributed by atoms with Crippen molar-refractivity contribution in [3.05, 3.63) is 23.7 Å². The molecule has 0 aromatic carbocycles. The molecule has 1 amide bonds. The number of furan rings is 1. The van der Waals surface area contributed by atoms with E-state index in [0.717, 1.165) is 30.9 Å². The van der Waals surface area contributed by atoms with E-state index in [-0.39, 0.29) is 5.91 Å². The highest BCUT2D eigenvalue weighted by molar-refractivity contribution is 5.78. The van der Waals surface area contributed by atoms with E-state index in [1.165, 1.54) is 0 Å². The fourth-order valence-corrected chi connectivity index (χ4v) is 2.56. The highest BCUT2D eigenvalue weighted by atomic mass is 16.3. The van der Waals surface area contributed by atoms with Crippen LogP contribution >= 0.6 is 0 Å². The van der Waals surface area contributed by atoms with Gasteiger partial charge in [-0.1, -0.05) is 0 Å². The minimum atomic E-state index is 0.120. The molecule has 0 radical (unpaired) electrons. The number of rotatable bonds is 5. The Kier molecular flexibility index (Phi) is 4.61. The van der Waals surface area contributed by atoms with Gasteiger partial charge in [-0.25, -0.2) is 0 Å². The summed E-state index contributed by atoms with van der Waals surface area (Å²) >= 11 is 0. The van der Waals surface area contributed by atoms with Crippen molar-refractivity contribution in [2.24, 2.45) is 5.73 Å². The largest absolute Gasteiger partial charge is 0.464 e. The maximum absolute atomic E-state index is 12.2. The average molecular weight is 265 g/mol. The molecule has 1 aliphatic heterocycles.